The molecule has 38 heavy (non-hydrogen) atoms. The average molecular weight is 529 g/mol. The number of fused-ring (bicyclic) bond motifs is 1. The van der Waals surface area contributed by atoms with Crippen molar-refractivity contribution >= 4 is 17.8 Å². The number of rotatable bonds is 16. The van der Waals surface area contributed by atoms with Gasteiger partial charge in [-0.2, -0.15) is 0 Å². The van der Waals surface area contributed by atoms with E-state index in [0.717, 1.165) is 37.7 Å². The largest absolute Gasteiger partial charge is 0.465 e. The third kappa shape index (κ3) is 8.55. The van der Waals surface area contributed by atoms with Gasteiger partial charge in [-0.15, -0.1) is 0 Å². The standard InChI is InChI=1S/C31H48N2O5/c1-4-6-7-8-9-13-21-38-31(36)28-22-25-17-14-18-27(25)33(28)29(34)23(3)32-26(30(35)37-5-2)20-19-24-15-11-10-12-16-24/h10-12,15-16,23,25-28,32H,4-9,13-14,17-22H2,1-3H3/t23-,25+,26-,27+,28+/m0/s1. The summed E-state index contributed by atoms with van der Waals surface area (Å²) in [6, 6.07) is 8.30. The highest BCUT2D eigenvalue weighted by Gasteiger charge is 2.50. The van der Waals surface area contributed by atoms with Gasteiger partial charge in [-0.1, -0.05) is 75.8 Å². The predicted octanol–water partition coefficient (Wildman–Crippen LogP) is 5.20. The summed E-state index contributed by atoms with van der Waals surface area (Å²) in [5, 5.41) is 3.25. The lowest BCUT2D eigenvalue weighted by Crippen LogP contribution is -2.55. The third-order valence-corrected chi connectivity index (χ3v) is 8.06. The second-order valence-corrected chi connectivity index (χ2v) is 10.9. The molecule has 1 aromatic rings. The third-order valence-electron chi connectivity index (χ3n) is 8.06. The van der Waals surface area contributed by atoms with Crippen LogP contribution in [0.4, 0.5) is 0 Å². The molecule has 1 heterocycles. The zero-order valence-corrected chi connectivity index (χ0v) is 23.7. The maximum Gasteiger partial charge on any atom is 0.328 e. The van der Waals surface area contributed by atoms with Gasteiger partial charge in [0.2, 0.25) is 5.91 Å². The molecule has 2 fully saturated rings. The number of esters is 2. The van der Waals surface area contributed by atoms with Crippen LogP contribution in [0.15, 0.2) is 30.3 Å². The number of benzene rings is 1. The van der Waals surface area contributed by atoms with Crippen LogP contribution in [0.1, 0.15) is 97.0 Å². The summed E-state index contributed by atoms with van der Waals surface area (Å²) in [5.74, 6) is -0.413. The van der Waals surface area contributed by atoms with Gasteiger partial charge in [-0.3, -0.25) is 14.9 Å². The van der Waals surface area contributed by atoms with Gasteiger partial charge in [0, 0.05) is 6.04 Å². The van der Waals surface area contributed by atoms with Crippen molar-refractivity contribution in [1.29, 1.82) is 0 Å². The fraction of sp³-hybridized carbons (Fsp3) is 0.710. The molecule has 0 aromatic heterocycles. The van der Waals surface area contributed by atoms with Gasteiger partial charge in [0.15, 0.2) is 0 Å². The molecule has 1 saturated heterocycles. The van der Waals surface area contributed by atoms with Crippen molar-refractivity contribution in [3.8, 4) is 0 Å². The second-order valence-electron chi connectivity index (χ2n) is 10.9. The Kier molecular flexibility index (Phi) is 12.6. The van der Waals surface area contributed by atoms with Gasteiger partial charge in [0.1, 0.15) is 12.1 Å². The van der Waals surface area contributed by atoms with E-state index >= 15 is 0 Å². The Balaban J connectivity index is 1.60. The quantitative estimate of drug-likeness (QED) is 0.234. The van der Waals surface area contributed by atoms with Crippen LogP contribution in [0.2, 0.25) is 0 Å². The fourth-order valence-corrected chi connectivity index (χ4v) is 6.03. The Morgan fingerprint density at radius 3 is 2.47 bits per heavy atom. The summed E-state index contributed by atoms with van der Waals surface area (Å²) in [4.78, 5) is 41.4. The molecule has 1 saturated carbocycles. The Bertz CT molecular complexity index is 876. The molecule has 1 aliphatic carbocycles. The Labute approximate surface area is 229 Å². The zero-order valence-electron chi connectivity index (χ0n) is 23.7. The minimum atomic E-state index is -0.617. The summed E-state index contributed by atoms with van der Waals surface area (Å²) in [7, 11) is 0. The molecule has 0 radical (unpaired) electrons. The second kappa shape index (κ2) is 15.9. The maximum atomic E-state index is 13.8. The van der Waals surface area contributed by atoms with Crippen LogP contribution in [0, 0.1) is 5.92 Å². The van der Waals surface area contributed by atoms with Gasteiger partial charge in [0.25, 0.3) is 0 Å². The van der Waals surface area contributed by atoms with E-state index in [9.17, 15) is 14.4 Å². The van der Waals surface area contributed by atoms with Crippen LogP contribution in [-0.2, 0) is 30.3 Å². The van der Waals surface area contributed by atoms with Crippen LogP contribution in [0.3, 0.4) is 0 Å². The number of amides is 1. The molecule has 1 aliphatic heterocycles. The predicted molar refractivity (Wildman–Crippen MR) is 148 cm³/mol. The molecule has 5 atom stereocenters. The Morgan fingerprint density at radius 1 is 1.00 bits per heavy atom. The number of carbonyl (C=O) groups is 3. The van der Waals surface area contributed by atoms with Crippen molar-refractivity contribution in [3.63, 3.8) is 0 Å². The number of nitrogens with one attached hydrogen (secondary N) is 1. The molecular formula is C31H48N2O5. The van der Waals surface area contributed by atoms with Crippen LogP contribution in [0.25, 0.3) is 0 Å². The highest BCUT2D eigenvalue weighted by molar-refractivity contribution is 5.89. The molecule has 0 bridgehead atoms. The number of unbranched alkanes of at least 4 members (excludes halogenated alkanes) is 5. The van der Waals surface area contributed by atoms with E-state index < -0.39 is 18.1 Å². The molecule has 1 aromatic carbocycles. The van der Waals surface area contributed by atoms with Gasteiger partial charge in [-0.05, 0) is 63.9 Å². The number of nitrogens with zero attached hydrogens (tertiary/aromatic N) is 1. The number of hydrogen-bond donors (Lipinski definition) is 1. The lowest BCUT2D eigenvalue weighted by molar-refractivity contribution is -0.156. The number of aryl methyl sites for hydroxylation is 1. The molecule has 7 nitrogen and oxygen atoms in total. The van der Waals surface area contributed by atoms with Gasteiger partial charge >= 0.3 is 11.9 Å². The molecule has 0 spiro atoms. The molecule has 7 heteroatoms. The molecular weight excluding hydrogens is 480 g/mol. The monoisotopic (exact) mass is 528 g/mol. The number of ether oxygens (including phenoxy) is 2. The lowest BCUT2D eigenvalue weighted by Gasteiger charge is -2.32. The number of hydrogen-bond acceptors (Lipinski definition) is 6. The van der Waals surface area contributed by atoms with E-state index in [-0.39, 0.29) is 30.5 Å². The van der Waals surface area contributed by atoms with E-state index in [4.69, 9.17) is 9.47 Å². The molecule has 1 N–H and O–H groups in total. The molecule has 212 valence electrons. The van der Waals surface area contributed by atoms with Crippen molar-refractivity contribution in [3.05, 3.63) is 35.9 Å². The van der Waals surface area contributed by atoms with Crippen LogP contribution >= 0.6 is 0 Å². The minimum Gasteiger partial charge on any atom is -0.465 e. The number of likely N-dealkylation sites (tertiary alicyclic amines) is 1. The number of carbonyl (C=O) groups excluding carboxylic acids is 3. The van der Waals surface area contributed by atoms with Crippen LogP contribution in [-0.4, -0.2) is 60.1 Å². The Morgan fingerprint density at radius 2 is 1.74 bits per heavy atom. The topological polar surface area (TPSA) is 84.9 Å². The smallest absolute Gasteiger partial charge is 0.328 e. The van der Waals surface area contributed by atoms with Gasteiger partial charge in [-0.25, -0.2) is 4.79 Å². The minimum absolute atomic E-state index is 0.0729. The van der Waals surface area contributed by atoms with E-state index in [2.05, 4.69) is 12.2 Å². The molecule has 2 aliphatic rings. The zero-order chi connectivity index (χ0) is 27.3. The maximum absolute atomic E-state index is 13.8. The van der Waals surface area contributed by atoms with Gasteiger partial charge in [0.05, 0.1) is 19.3 Å². The van der Waals surface area contributed by atoms with E-state index in [1.54, 1.807) is 18.7 Å². The first-order valence-corrected chi connectivity index (χ1v) is 14.9. The first-order valence-electron chi connectivity index (χ1n) is 14.9. The van der Waals surface area contributed by atoms with E-state index in [0.29, 0.717) is 31.8 Å². The lowest BCUT2D eigenvalue weighted by atomic mass is 10.0. The molecule has 3 rings (SSSR count). The average Bonchev–Trinajstić information content (AvgIpc) is 3.52. The van der Waals surface area contributed by atoms with Crippen molar-refractivity contribution in [1.82, 2.24) is 10.2 Å². The SMILES string of the molecule is CCCCCCCCOC(=O)[C@H]1C[C@H]2CCC[C@H]2N1C(=O)[C@H](C)N[C@@H](CCc1ccccc1)C(=O)OCC. The molecule has 0 unspecified atom stereocenters. The fourth-order valence-electron chi connectivity index (χ4n) is 6.03. The van der Waals surface area contributed by atoms with E-state index in [1.165, 1.54) is 25.7 Å². The highest BCUT2D eigenvalue weighted by Crippen LogP contribution is 2.42. The van der Waals surface area contributed by atoms with Crippen molar-refractivity contribution in [2.75, 3.05) is 13.2 Å². The van der Waals surface area contributed by atoms with Crippen LogP contribution in [0.5, 0.6) is 0 Å². The summed E-state index contributed by atoms with van der Waals surface area (Å²) in [6.07, 6.45) is 11.7. The Hall–Kier alpha value is -2.41. The summed E-state index contributed by atoms with van der Waals surface area (Å²) < 4.78 is 11.0. The summed E-state index contributed by atoms with van der Waals surface area (Å²) >= 11 is 0. The van der Waals surface area contributed by atoms with Gasteiger partial charge < -0.3 is 14.4 Å². The van der Waals surface area contributed by atoms with Crippen molar-refractivity contribution in [2.24, 2.45) is 5.92 Å². The van der Waals surface area contributed by atoms with Crippen LogP contribution < -0.4 is 5.32 Å². The normalized spacial score (nSPS) is 22.1. The van der Waals surface area contributed by atoms with Crippen molar-refractivity contribution in [2.45, 2.75) is 122 Å². The highest BCUT2D eigenvalue weighted by atomic mass is 16.5. The van der Waals surface area contributed by atoms with E-state index in [1.807, 2.05) is 30.3 Å². The first kappa shape index (κ1) is 30.1. The summed E-state index contributed by atoms with van der Waals surface area (Å²) in [5.41, 5.74) is 1.13. The summed E-state index contributed by atoms with van der Waals surface area (Å²) in [6.45, 7) is 6.47. The first-order chi connectivity index (χ1) is 18.5. The molecule has 1 amide bonds. The van der Waals surface area contributed by atoms with Crippen molar-refractivity contribution < 1.29 is 23.9 Å².